The minimum absolute atomic E-state index is 0.0667. The lowest BCUT2D eigenvalue weighted by molar-refractivity contribution is 0.491. The number of para-hydroxylation sites is 1. The average molecular weight is 432 g/mol. The van der Waals surface area contributed by atoms with Crippen molar-refractivity contribution < 1.29 is 4.42 Å². The number of nitrogens with one attached hydrogen (secondary N) is 1. The molecular formula is C16H12Cl2INO. The molecule has 0 saturated heterocycles. The van der Waals surface area contributed by atoms with Gasteiger partial charge in [-0.05, 0) is 59.5 Å². The summed E-state index contributed by atoms with van der Waals surface area (Å²) in [5.41, 5.74) is 1.77. The maximum atomic E-state index is 6.22. The van der Waals surface area contributed by atoms with Crippen LogP contribution in [0.2, 0.25) is 10.0 Å². The van der Waals surface area contributed by atoms with Crippen LogP contribution in [0.5, 0.6) is 0 Å². The van der Waals surface area contributed by atoms with Crippen molar-refractivity contribution in [3.8, 4) is 0 Å². The van der Waals surface area contributed by atoms with Crippen molar-refractivity contribution >= 4 is 56.8 Å². The van der Waals surface area contributed by atoms with Gasteiger partial charge in [-0.2, -0.15) is 0 Å². The average Bonchev–Trinajstić information content (AvgIpc) is 2.89. The molecule has 0 spiro atoms. The standard InChI is InChI=1S/C16H12Cl2INO/c1-20-15(9-5-6-13(19)12(18)7-9)14-8-10-3-2-4-11(17)16(10)21-14/h2-8,15,20H,1H3. The zero-order valence-electron chi connectivity index (χ0n) is 11.2. The Labute approximate surface area is 146 Å². The van der Waals surface area contributed by atoms with Gasteiger partial charge in [0.15, 0.2) is 5.58 Å². The Hall–Kier alpha value is -0.750. The third-order valence-electron chi connectivity index (χ3n) is 3.37. The summed E-state index contributed by atoms with van der Waals surface area (Å²) >= 11 is 14.6. The summed E-state index contributed by atoms with van der Waals surface area (Å²) in [6.07, 6.45) is 0. The Balaban J connectivity index is 2.09. The summed E-state index contributed by atoms with van der Waals surface area (Å²) in [7, 11) is 1.89. The van der Waals surface area contributed by atoms with Gasteiger partial charge in [0.25, 0.3) is 0 Å². The largest absolute Gasteiger partial charge is 0.457 e. The van der Waals surface area contributed by atoms with Crippen LogP contribution in [0.1, 0.15) is 17.4 Å². The van der Waals surface area contributed by atoms with Crippen LogP contribution in [-0.4, -0.2) is 7.05 Å². The van der Waals surface area contributed by atoms with Crippen LogP contribution in [0.15, 0.2) is 46.9 Å². The fourth-order valence-corrected chi connectivity index (χ4v) is 3.10. The molecule has 1 heterocycles. The van der Waals surface area contributed by atoms with E-state index in [2.05, 4.69) is 27.9 Å². The molecule has 3 rings (SSSR count). The number of fused-ring (bicyclic) bond motifs is 1. The minimum Gasteiger partial charge on any atom is -0.457 e. The molecule has 0 saturated carbocycles. The third-order valence-corrected chi connectivity index (χ3v) is 5.24. The Morgan fingerprint density at radius 1 is 1.10 bits per heavy atom. The normalized spacial score (nSPS) is 12.8. The van der Waals surface area contributed by atoms with Gasteiger partial charge in [0.05, 0.1) is 16.1 Å². The van der Waals surface area contributed by atoms with Crippen LogP contribution < -0.4 is 5.32 Å². The van der Waals surface area contributed by atoms with Gasteiger partial charge in [-0.15, -0.1) is 0 Å². The Kier molecular flexibility index (Phi) is 4.45. The monoisotopic (exact) mass is 431 g/mol. The first-order valence-corrected chi connectivity index (χ1v) is 8.24. The molecule has 1 unspecified atom stereocenters. The van der Waals surface area contributed by atoms with Crippen LogP contribution in [-0.2, 0) is 0 Å². The van der Waals surface area contributed by atoms with Gasteiger partial charge in [-0.1, -0.05) is 41.4 Å². The summed E-state index contributed by atoms with van der Waals surface area (Å²) in [5.74, 6) is 0.817. The second-order valence-corrected chi connectivity index (χ2v) is 6.68. The van der Waals surface area contributed by atoms with Gasteiger partial charge in [-0.3, -0.25) is 0 Å². The lowest BCUT2D eigenvalue weighted by Gasteiger charge is -2.14. The molecule has 0 bridgehead atoms. The van der Waals surface area contributed by atoms with E-state index in [4.69, 9.17) is 27.6 Å². The molecule has 2 nitrogen and oxygen atoms in total. The van der Waals surface area contributed by atoms with Crippen LogP contribution in [0.25, 0.3) is 11.0 Å². The van der Waals surface area contributed by atoms with Crippen molar-refractivity contribution in [1.29, 1.82) is 0 Å². The number of rotatable bonds is 3. The predicted molar refractivity (Wildman–Crippen MR) is 96.3 cm³/mol. The van der Waals surface area contributed by atoms with Gasteiger partial charge >= 0.3 is 0 Å². The van der Waals surface area contributed by atoms with Gasteiger partial charge in [0.1, 0.15) is 5.76 Å². The van der Waals surface area contributed by atoms with E-state index in [1.807, 2.05) is 49.5 Å². The van der Waals surface area contributed by atoms with E-state index in [1.165, 1.54) is 0 Å². The van der Waals surface area contributed by atoms with Crippen molar-refractivity contribution in [3.05, 3.63) is 67.4 Å². The van der Waals surface area contributed by atoms with E-state index in [0.717, 1.165) is 25.3 Å². The number of furan rings is 1. The predicted octanol–water partition coefficient (Wildman–Crippen LogP) is 5.65. The first-order valence-electron chi connectivity index (χ1n) is 6.40. The first kappa shape index (κ1) is 15.2. The molecule has 2 aromatic carbocycles. The SMILES string of the molecule is CNC(c1ccc(I)c(Cl)c1)c1cc2cccc(Cl)c2o1. The Morgan fingerprint density at radius 2 is 1.90 bits per heavy atom. The molecule has 0 amide bonds. The highest BCUT2D eigenvalue weighted by Crippen LogP contribution is 2.33. The Bertz CT molecular complexity index is 800. The van der Waals surface area contributed by atoms with E-state index < -0.39 is 0 Å². The van der Waals surface area contributed by atoms with Crippen molar-refractivity contribution in [2.75, 3.05) is 7.05 Å². The Morgan fingerprint density at radius 3 is 2.57 bits per heavy atom. The molecule has 0 aliphatic carbocycles. The molecule has 1 aromatic heterocycles. The van der Waals surface area contributed by atoms with Crippen LogP contribution >= 0.6 is 45.8 Å². The quantitative estimate of drug-likeness (QED) is 0.542. The van der Waals surface area contributed by atoms with Gasteiger partial charge in [0.2, 0.25) is 0 Å². The van der Waals surface area contributed by atoms with Gasteiger partial charge in [0, 0.05) is 8.96 Å². The molecule has 5 heteroatoms. The van der Waals surface area contributed by atoms with Crippen molar-refractivity contribution in [2.24, 2.45) is 0 Å². The third kappa shape index (κ3) is 2.93. The maximum Gasteiger partial charge on any atom is 0.152 e. The highest BCUT2D eigenvalue weighted by Gasteiger charge is 2.18. The highest BCUT2D eigenvalue weighted by atomic mass is 127. The number of halogens is 3. The molecule has 0 aliphatic heterocycles. The second kappa shape index (κ2) is 6.16. The molecule has 108 valence electrons. The highest BCUT2D eigenvalue weighted by molar-refractivity contribution is 14.1. The topological polar surface area (TPSA) is 25.2 Å². The number of benzene rings is 2. The lowest BCUT2D eigenvalue weighted by Crippen LogP contribution is -2.17. The van der Waals surface area contributed by atoms with Gasteiger partial charge in [-0.25, -0.2) is 0 Å². The van der Waals surface area contributed by atoms with Crippen molar-refractivity contribution in [1.82, 2.24) is 5.32 Å². The summed E-state index contributed by atoms with van der Waals surface area (Å²) in [5, 5.41) is 5.62. The summed E-state index contributed by atoms with van der Waals surface area (Å²) < 4.78 is 6.97. The van der Waals surface area contributed by atoms with Crippen LogP contribution in [0.3, 0.4) is 0 Å². The first-order chi connectivity index (χ1) is 10.1. The molecule has 1 atom stereocenters. The number of hydrogen-bond acceptors (Lipinski definition) is 2. The molecule has 0 radical (unpaired) electrons. The van der Waals surface area contributed by atoms with Crippen molar-refractivity contribution in [3.63, 3.8) is 0 Å². The number of hydrogen-bond donors (Lipinski definition) is 1. The second-order valence-electron chi connectivity index (χ2n) is 4.70. The van der Waals surface area contributed by atoms with Crippen LogP contribution in [0.4, 0.5) is 0 Å². The molecule has 1 N–H and O–H groups in total. The van der Waals surface area contributed by atoms with E-state index in [9.17, 15) is 0 Å². The zero-order chi connectivity index (χ0) is 15.0. The minimum atomic E-state index is -0.0667. The maximum absolute atomic E-state index is 6.22. The fourth-order valence-electron chi connectivity index (χ4n) is 2.35. The summed E-state index contributed by atoms with van der Waals surface area (Å²) in [6, 6.07) is 13.7. The van der Waals surface area contributed by atoms with E-state index in [1.54, 1.807) is 0 Å². The molecule has 21 heavy (non-hydrogen) atoms. The van der Waals surface area contributed by atoms with E-state index >= 15 is 0 Å². The molecule has 0 aliphatic rings. The van der Waals surface area contributed by atoms with E-state index in [0.29, 0.717) is 10.6 Å². The summed E-state index contributed by atoms with van der Waals surface area (Å²) in [6.45, 7) is 0. The van der Waals surface area contributed by atoms with Crippen molar-refractivity contribution in [2.45, 2.75) is 6.04 Å². The molecular weight excluding hydrogens is 420 g/mol. The summed E-state index contributed by atoms with van der Waals surface area (Å²) in [4.78, 5) is 0. The van der Waals surface area contributed by atoms with E-state index in [-0.39, 0.29) is 6.04 Å². The van der Waals surface area contributed by atoms with Crippen LogP contribution in [0, 0.1) is 3.57 Å². The zero-order valence-corrected chi connectivity index (χ0v) is 14.8. The molecule has 0 fully saturated rings. The smallest absolute Gasteiger partial charge is 0.152 e. The molecule has 3 aromatic rings. The lowest BCUT2D eigenvalue weighted by atomic mass is 10.0. The van der Waals surface area contributed by atoms with Gasteiger partial charge < -0.3 is 9.73 Å². The fraction of sp³-hybridized carbons (Fsp3) is 0.125.